The van der Waals surface area contributed by atoms with Crippen LogP contribution >= 0.6 is 11.8 Å². The van der Waals surface area contributed by atoms with Gasteiger partial charge in [0, 0.05) is 23.3 Å². The van der Waals surface area contributed by atoms with Gasteiger partial charge in [0.05, 0.1) is 5.75 Å². The molecule has 2 aromatic rings. The second-order valence-electron chi connectivity index (χ2n) is 4.60. The summed E-state index contributed by atoms with van der Waals surface area (Å²) in [6.07, 6.45) is 0. The molecular formula is C16H18N2OS. The molecule has 3 nitrogen and oxygen atoms in total. The van der Waals surface area contributed by atoms with Crippen molar-refractivity contribution in [3.05, 3.63) is 54.1 Å². The first-order valence-corrected chi connectivity index (χ1v) is 7.37. The average molecular weight is 286 g/mol. The maximum Gasteiger partial charge on any atom is 0.237 e. The van der Waals surface area contributed by atoms with Crippen LogP contribution in [0.3, 0.4) is 0 Å². The molecule has 104 valence electrons. The van der Waals surface area contributed by atoms with Crippen molar-refractivity contribution < 1.29 is 4.79 Å². The monoisotopic (exact) mass is 286 g/mol. The maximum atomic E-state index is 12.2. The van der Waals surface area contributed by atoms with E-state index < -0.39 is 0 Å². The summed E-state index contributed by atoms with van der Waals surface area (Å²) in [5.41, 5.74) is 8.54. The largest absolute Gasteiger partial charge is 0.399 e. The SMILES string of the molecule is Cc1ccc(N)cc1SCC(=O)N(C)c1ccccc1. The first kappa shape index (κ1) is 14.5. The summed E-state index contributed by atoms with van der Waals surface area (Å²) in [6.45, 7) is 2.02. The van der Waals surface area contributed by atoms with Gasteiger partial charge >= 0.3 is 0 Å². The van der Waals surface area contributed by atoms with Gasteiger partial charge in [0.2, 0.25) is 5.91 Å². The van der Waals surface area contributed by atoms with Gasteiger partial charge in [-0.05, 0) is 36.8 Å². The molecule has 0 saturated carbocycles. The van der Waals surface area contributed by atoms with Crippen LogP contribution < -0.4 is 10.6 Å². The Balaban J connectivity index is 2.00. The number of rotatable bonds is 4. The lowest BCUT2D eigenvalue weighted by molar-refractivity contribution is -0.115. The van der Waals surface area contributed by atoms with Gasteiger partial charge in [0.1, 0.15) is 0 Å². The molecule has 0 aliphatic carbocycles. The van der Waals surface area contributed by atoms with Gasteiger partial charge in [0.25, 0.3) is 0 Å². The number of nitrogen functional groups attached to an aromatic ring is 1. The average Bonchev–Trinajstić information content (AvgIpc) is 2.48. The summed E-state index contributed by atoms with van der Waals surface area (Å²) >= 11 is 1.52. The topological polar surface area (TPSA) is 46.3 Å². The quantitative estimate of drug-likeness (QED) is 0.692. The third kappa shape index (κ3) is 3.54. The van der Waals surface area contributed by atoms with Crippen molar-refractivity contribution >= 4 is 29.0 Å². The molecule has 2 rings (SSSR count). The molecule has 4 heteroatoms. The molecule has 2 N–H and O–H groups in total. The summed E-state index contributed by atoms with van der Waals surface area (Å²) in [7, 11) is 1.80. The van der Waals surface area contributed by atoms with Crippen LogP contribution in [0.2, 0.25) is 0 Å². The van der Waals surface area contributed by atoms with Crippen LogP contribution in [0.4, 0.5) is 11.4 Å². The number of amides is 1. The Labute approximate surface area is 123 Å². The molecule has 0 spiro atoms. The Morgan fingerprint density at radius 2 is 1.90 bits per heavy atom. The van der Waals surface area contributed by atoms with Crippen LogP contribution in [0.25, 0.3) is 0 Å². The number of aryl methyl sites for hydroxylation is 1. The van der Waals surface area contributed by atoms with Gasteiger partial charge in [-0.3, -0.25) is 4.79 Å². The Hall–Kier alpha value is -1.94. The van der Waals surface area contributed by atoms with E-state index >= 15 is 0 Å². The highest BCUT2D eigenvalue weighted by Crippen LogP contribution is 2.25. The van der Waals surface area contributed by atoms with Crippen molar-refractivity contribution in [3.8, 4) is 0 Å². The normalized spacial score (nSPS) is 10.3. The van der Waals surface area contributed by atoms with Crippen molar-refractivity contribution in [3.63, 3.8) is 0 Å². The highest BCUT2D eigenvalue weighted by atomic mass is 32.2. The number of para-hydroxylation sites is 1. The third-order valence-corrected chi connectivity index (χ3v) is 4.22. The summed E-state index contributed by atoms with van der Waals surface area (Å²) in [6, 6.07) is 15.4. The van der Waals surface area contributed by atoms with E-state index in [1.54, 1.807) is 11.9 Å². The van der Waals surface area contributed by atoms with Gasteiger partial charge in [-0.25, -0.2) is 0 Å². The number of carbonyl (C=O) groups is 1. The predicted molar refractivity (Wildman–Crippen MR) is 86.2 cm³/mol. The number of thioether (sulfide) groups is 1. The summed E-state index contributed by atoms with van der Waals surface area (Å²) in [4.78, 5) is 14.9. The van der Waals surface area contributed by atoms with Crippen LogP contribution in [0.15, 0.2) is 53.4 Å². The number of carbonyl (C=O) groups excluding carboxylic acids is 1. The molecule has 0 bridgehead atoms. The smallest absolute Gasteiger partial charge is 0.237 e. The summed E-state index contributed by atoms with van der Waals surface area (Å²) < 4.78 is 0. The van der Waals surface area contributed by atoms with E-state index in [4.69, 9.17) is 5.73 Å². The maximum absolute atomic E-state index is 12.2. The van der Waals surface area contributed by atoms with Crippen molar-refractivity contribution in [2.45, 2.75) is 11.8 Å². The molecule has 0 heterocycles. The molecule has 0 fully saturated rings. The fourth-order valence-electron chi connectivity index (χ4n) is 1.80. The molecule has 0 aromatic heterocycles. The zero-order chi connectivity index (χ0) is 14.5. The zero-order valence-electron chi connectivity index (χ0n) is 11.7. The van der Waals surface area contributed by atoms with Crippen LogP contribution in [0.1, 0.15) is 5.56 Å². The second-order valence-corrected chi connectivity index (χ2v) is 5.62. The van der Waals surface area contributed by atoms with E-state index in [9.17, 15) is 4.79 Å². The van der Waals surface area contributed by atoms with Gasteiger partial charge in [-0.2, -0.15) is 0 Å². The van der Waals surface area contributed by atoms with Crippen molar-refractivity contribution in [2.75, 3.05) is 23.4 Å². The molecule has 0 aliphatic heterocycles. The molecule has 0 unspecified atom stereocenters. The number of hydrogen-bond donors (Lipinski definition) is 1. The molecule has 2 aromatic carbocycles. The fraction of sp³-hybridized carbons (Fsp3) is 0.188. The lowest BCUT2D eigenvalue weighted by Crippen LogP contribution is -2.27. The molecule has 20 heavy (non-hydrogen) atoms. The minimum absolute atomic E-state index is 0.0722. The number of anilines is 2. The number of nitrogens with two attached hydrogens (primary N) is 1. The first-order valence-electron chi connectivity index (χ1n) is 6.38. The van der Waals surface area contributed by atoms with Crippen LogP contribution in [0.5, 0.6) is 0 Å². The molecule has 0 atom stereocenters. The predicted octanol–water partition coefficient (Wildman–Crippen LogP) is 3.33. The zero-order valence-corrected chi connectivity index (χ0v) is 12.5. The highest BCUT2D eigenvalue weighted by molar-refractivity contribution is 8.00. The van der Waals surface area contributed by atoms with Gasteiger partial charge in [-0.15, -0.1) is 11.8 Å². The van der Waals surface area contributed by atoms with Crippen molar-refractivity contribution in [1.82, 2.24) is 0 Å². The minimum atomic E-state index is 0.0722. The second kappa shape index (κ2) is 6.48. The molecule has 1 amide bonds. The Bertz CT molecular complexity index is 599. The van der Waals surface area contributed by atoms with E-state index in [1.807, 2.05) is 55.5 Å². The van der Waals surface area contributed by atoms with Gasteiger partial charge in [-0.1, -0.05) is 24.3 Å². The number of hydrogen-bond acceptors (Lipinski definition) is 3. The molecule has 0 saturated heterocycles. The van der Waals surface area contributed by atoms with Gasteiger partial charge < -0.3 is 10.6 Å². The van der Waals surface area contributed by atoms with Crippen molar-refractivity contribution in [2.24, 2.45) is 0 Å². The Kier molecular flexibility index (Phi) is 4.69. The standard InChI is InChI=1S/C16H18N2OS/c1-12-8-9-13(17)10-15(12)20-11-16(19)18(2)14-6-4-3-5-7-14/h3-10H,11,17H2,1-2H3. The van der Waals surface area contributed by atoms with Crippen LogP contribution in [-0.2, 0) is 4.79 Å². The highest BCUT2D eigenvalue weighted by Gasteiger charge is 2.11. The molecular weight excluding hydrogens is 268 g/mol. The van der Waals surface area contributed by atoms with E-state index in [1.165, 1.54) is 11.8 Å². The Morgan fingerprint density at radius 1 is 1.20 bits per heavy atom. The van der Waals surface area contributed by atoms with Crippen LogP contribution in [0, 0.1) is 6.92 Å². The minimum Gasteiger partial charge on any atom is -0.399 e. The van der Waals surface area contributed by atoms with E-state index in [-0.39, 0.29) is 5.91 Å². The van der Waals surface area contributed by atoms with Gasteiger partial charge in [0.15, 0.2) is 0 Å². The third-order valence-electron chi connectivity index (χ3n) is 3.08. The fourth-order valence-corrected chi connectivity index (χ4v) is 2.79. The first-order chi connectivity index (χ1) is 9.58. The lowest BCUT2D eigenvalue weighted by Gasteiger charge is -2.17. The number of nitrogens with zero attached hydrogens (tertiary/aromatic N) is 1. The molecule has 0 radical (unpaired) electrons. The summed E-state index contributed by atoms with van der Waals surface area (Å²) in [5.74, 6) is 0.471. The molecule has 0 aliphatic rings. The van der Waals surface area contributed by atoms with E-state index in [0.29, 0.717) is 5.75 Å². The Morgan fingerprint density at radius 3 is 2.60 bits per heavy atom. The summed E-state index contributed by atoms with van der Waals surface area (Å²) in [5, 5.41) is 0. The van der Waals surface area contributed by atoms with E-state index in [2.05, 4.69) is 0 Å². The van der Waals surface area contributed by atoms with Crippen molar-refractivity contribution in [1.29, 1.82) is 0 Å². The van der Waals surface area contributed by atoms with Crippen LogP contribution in [-0.4, -0.2) is 18.7 Å². The number of benzene rings is 2. The van der Waals surface area contributed by atoms with E-state index in [0.717, 1.165) is 21.8 Å². The lowest BCUT2D eigenvalue weighted by atomic mass is 10.2.